The minimum absolute atomic E-state index is 0.202. The Labute approximate surface area is 129 Å². The number of rotatable bonds is 5. The molecular formula is C16H18N2O4. The predicted octanol–water partition coefficient (Wildman–Crippen LogP) is 2.38. The number of amides is 1. The number of hydrogen-bond acceptors (Lipinski definition) is 5. The summed E-state index contributed by atoms with van der Waals surface area (Å²) in [4.78, 5) is 18.1. The van der Waals surface area contributed by atoms with E-state index in [1.165, 1.54) is 26.2 Å². The molecule has 6 nitrogen and oxygen atoms in total. The number of carbonyl (C=O) groups excluding carboxylic acids is 1. The first-order valence-corrected chi connectivity index (χ1v) is 6.60. The van der Waals surface area contributed by atoms with Crippen molar-refractivity contribution in [3.63, 3.8) is 0 Å². The first kappa shape index (κ1) is 15.6. The molecule has 22 heavy (non-hydrogen) atoms. The molecular weight excluding hydrogens is 284 g/mol. The van der Waals surface area contributed by atoms with E-state index in [0.29, 0.717) is 28.5 Å². The molecule has 0 atom stereocenters. The standard InChI is InChI=1S/C16H18N2O4/c1-18(12-6-5-7-17-10-12)16(19)11-8-13(20-2)15(22-4)14(9-11)21-3/h5-10H,1-4H3. The molecule has 1 aromatic heterocycles. The van der Waals surface area contributed by atoms with Crippen LogP contribution in [0.5, 0.6) is 17.2 Å². The molecule has 0 unspecified atom stereocenters. The van der Waals surface area contributed by atoms with E-state index in [-0.39, 0.29) is 5.91 Å². The maximum atomic E-state index is 12.6. The van der Waals surface area contributed by atoms with Gasteiger partial charge < -0.3 is 19.1 Å². The summed E-state index contributed by atoms with van der Waals surface area (Å²) in [6, 6.07) is 6.82. The number of aromatic nitrogens is 1. The Morgan fingerprint density at radius 2 is 1.73 bits per heavy atom. The van der Waals surface area contributed by atoms with Gasteiger partial charge in [-0.2, -0.15) is 0 Å². The topological polar surface area (TPSA) is 60.9 Å². The maximum Gasteiger partial charge on any atom is 0.258 e. The minimum Gasteiger partial charge on any atom is -0.493 e. The van der Waals surface area contributed by atoms with Crippen LogP contribution in [0.1, 0.15) is 10.4 Å². The molecule has 1 amide bonds. The van der Waals surface area contributed by atoms with Gasteiger partial charge in [0.25, 0.3) is 5.91 Å². The van der Waals surface area contributed by atoms with E-state index in [9.17, 15) is 4.79 Å². The van der Waals surface area contributed by atoms with E-state index in [1.807, 2.05) is 6.07 Å². The second-order valence-corrected chi connectivity index (χ2v) is 4.49. The van der Waals surface area contributed by atoms with E-state index in [4.69, 9.17) is 14.2 Å². The first-order chi connectivity index (χ1) is 10.6. The largest absolute Gasteiger partial charge is 0.493 e. The summed E-state index contributed by atoms with van der Waals surface area (Å²) in [5, 5.41) is 0. The monoisotopic (exact) mass is 302 g/mol. The molecule has 1 aromatic carbocycles. The Kier molecular flexibility index (Phi) is 4.83. The Balaban J connectivity index is 2.41. The third kappa shape index (κ3) is 2.95. The Hall–Kier alpha value is -2.76. The summed E-state index contributed by atoms with van der Waals surface area (Å²) in [7, 11) is 6.22. The Morgan fingerprint density at radius 1 is 1.09 bits per heavy atom. The van der Waals surface area contributed by atoms with Crippen molar-refractivity contribution in [1.82, 2.24) is 4.98 Å². The molecule has 0 aliphatic carbocycles. The van der Waals surface area contributed by atoms with Gasteiger partial charge in [0.15, 0.2) is 11.5 Å². The van der Waals surface area contributed by atoms with E-state index in [1.54, 1.807) is 37.6 Å². The SMILES string of the molecule is COc1cc(C(=O)N(C)c2cccnc2)cc(OC)c1OC. The quantitative estimate of drug-likeness (QED) is 0.848. The highest BCUT2D eigenvalue weighted by molar-refractivity contribution is 6.06. The lowest BCUT2D eigenvalue weighted by atomic mass is 10.1. The molecule has 0 aliphatic rings. The molecule has 6 heteroatoms. The average molecular weight is 302 g/mol. The molecule has 0 saturated carbocycles. The zero-order chi connectivity index (χ0) is 16.1. The lowest BCUT2D eigenvalue weighted by Gasteiger charge is -2.19. The van der Waals surface area contributed by atoms with Crippen molar-refractivity contribution < 1.29 is 19.0 Å². The van der Waals surface area contributed by atoms with Gasteiger partial charge in [0.2, 0.25) is 5.75 Å². The highest BCUT2D eigenvalue weighted by atomic mass is 16.5. The fourth-order valence-electron chi connectivity index (χ4n) is 2.07. The van der Waals surface area contributed by atoms with Gasteiger partial charge >= 0.3 is 0 Å². The van der Waals surface area contributed by atoms with Gasteiger partial charge in [0, 0.05) is 18.8 Å². The second-order valence-electron chi connectivity index (χ2n) is 4.49. The molecule has 0 saturated heterocycles. The van der Waals surface area contributed by atoms with Crippen molar-refractivity contribution in [2.75, 3.05) is 33.3 Å². The van der Waals surface area contributed by atoms with Crippen molar-refractivity contribution in [3.05, 3.63) is 42.2 Å². The van der Waals surface area contributed by atoms with Crippen LogP contribution in [0.15, 0.2) is 36.7 Å². The predicted molar refractivity (Wildman–Crippen MR) is 83.1 cm³/mol. The lowest BCUT2D eigenvalue weighted by molar-refractivity contribution is 0.0992. The zero-order valence-corrected chi connectivity index (χ0v) is 13.0. The number of hydrogen-bond donors (Lipinski definition) is 0. The lowest BCUT2D eigenvalue weighted by Crippen LogP contribution is -2.26. The number of pyridine rings is 1. The minimum atomic E-state index is -0.202. The first-order valence-electron chi connectivity index (χ1n) is 6.60. The van der Waals surface area contributed by atoms with Crippen molar-refractivity contribution in [1.29, 1.82) is 0 Å². The van der Waals surface area contributed by atoms with Crippen LogP contribution >= 0.6 is 0 Å². The molecule has 0 spiro atoms. The number of methoxy groups -OCH3 is 3. The van der Waals surface area contributed by atoms with Crippen LogP contribution in [0, 0.1) is 0 Å². The Morgan fingerprint density at radius 3 is 2.18 bits per heavy atom. The van der Waals surface area contributed by atoms with Crippen LogP contribution in [0.3, 0.4) is 0 Å². The third-order valence-electron chi connectivity index (χ3n) is 3.25. The average Bonchev–Trinajstić information content (AvgIpc) is 2.59. The van der Waals surface area contributed by atoms with Gasteiger partial charge in [-0.05, 0) is 24.3 Å². The Bertz CT molecular complexity index is 633. The molecule has 0 bridgehead atoms. The van der Waals surface area contributed by atoms with E-state index in [2.05, 4.69) is 4.98 Å². The number of anilines is 1. The van der Waals surface area contributed by atoms with Gasteiger partial charge in [-0.15, -0.1) is 0 Å². The van der Waals surface area contributed by atoms with Gasteiger partial charge in [0.1, 0.15) is 0 Å². The number of ether oxygens (including phenoxy) is 3. The highest BCUT2D eigenvalue weighted by Gasteiger charge is 2.20. The summed E-state index contributed by atoms with van der Waals surface area (Å²) in [6.45, 7) is 0. The molecule has 116 valence electrons. The maximum absolute atomic E-state index is 12.6. The molecule has 0 radical (unpaired) electrons. The fraction of sp³-hybridized carbons (Fsp3) is 0.250. The molecule has 2 aromatic rings. The summed E-state index contributed by atoms with van der Waals surface area (Å²) in [5.74, 6) is 1.12. The van der Waals surface area contributed by atoms with Crippen molar-refractivity contribution in [2.24, 2.45) is 0 Å². The van der Waals surface area contributed by atoms with Gasteiger partial charge in [0.05, 0.1) is 33.2 Å². The third-order valence-corrected chi connectivity index (χ3v) is 3.25. The molecule has 2 rings (SSSR count). The number of carbonyl (C=O) groups is 1. The van der Waals surface area contributed by atoms with Crippen molar-refractivity contribution in [3.8, 4) is 17.2 Å². The summed E-state index contributed by atoms with van der Waals surface area (Å²) in [5.41, 5.74) is 1.13. The van der Waals surface area contributed by atoms with Gasteiger partial charge in [-0.1, -0.05) is 0 Å². The normalized spacial score (nSPS) is 10.0. The number of benzene rings is 1. The van der Waals surface area contributed by atoms with E-state index < -0.39 is 0 Å². The van der Waals surface area contributed by atoms with Crippen molar-refractivity contribution in [2.45, 2.75) is 0 Å². The van der Waals surface area contributed by atoms with Crippen LogP contribution < -0.4 is 19.1 Å². The van der Waals surface area contributed by atoms with Crippen LogP contribution in [-0.4, -0.2) is 39.3 Å². The summed E-state index contributed by atoms with van der Waals surface area (Å²) >= 11 is 0. The smallest absolute Gasteiger partial charge is 0.258 e. The van der Waals surface area contributed by atoms with Crippen LogP contribution in [0.4, 0.5) is 5.69 Å². The van der Waals surface area contributed by atoms with Gasteiger partial charge in [-0.3, -0.25) is 9.78 Å². The summed E-state index contributed by atoms with van der Waals surface area (Å²) in [6.07, 6.45) is 3.27. The van der Waals surface area contributed by atoms with Crippen molar-refractivity contribution >= 4 is 11.6 Å². The fourth-order valence-corrected chi connectivity index (χ4v) is 2.07. The number of nitrogens with zero attached hydrogens (tertiary/aromatic N) is 2. The molecule has 1 heterocycles. The van der Waals surface area contributed by atoms with E-state index >= 15 is 0 Å². The zero-order valence-electron chi connectivity index (χ0n) is 13.0. The highest BCUT2D eigenvalue weighted by Crippen LogP contribution is 2.38. The molecule has 0 fully saturated rings. The van der Waals surface area contributed by atoms with Crippen LogP contribution in [-0.2, 0) is 0 Å². The summed E-state index contributed by atoms with van der Waals surface area (Å²) < 4.78 is 15.8. The van der Waals surface area contributed by atoms with E-state index in [0.717, 1.165) is 0 Å². The second kappa shape index (κ2) is 6.80. The van der Waals surface area contributed by atoms with Crippen LogP contribution in [0.25, 0.3) is 0 Å². The molecule has 0 N–H and O–H groups in total. The van der Waals surface area contributed by atoms with Gasteiger partial charge in [-0.25, -0.2) is 0 Å². The molecule has 0 aliphatic heterocycles. The van der Waals surface area contributed by atoms with Crippen LogP contribution in [0.2, 0.25) is 0 Å².